The molecule has 4 nitrogen and oxygen atoms in total. The molecular formula is C24H29BrFNO3. The number of aliphatic hydroxyl groups excluding tert-OH is 1. The Hall–Kier alpha value is -1.63. The summed E-state index contributed by atoms with van der Waals surface area (Å²) in [5.41, 5.74) is 1.88. The molecule has 6 heteroatoms. The lowest BCUT2D eigenvalue weighted by atomic mass is 9.82. The number of piperidine rings is 1. The van der Waals surface area contributed by atoms with Gasteiger partial charge in [-0.2, -0.15) is 0 Å². The van der Waals surface area contributed by atoms with Crippen molar-refractivity contribution in [3.8, 4) is 11.5 Å². The molecule has 0 aromatic heterocycles. The number of aliphatic hydroxyl groups is 1. The van der Waals surface area contributed by atoms with E-state index in [-0.39, 0.29) is 5.92 Å². The number of hydrogen-bond donors (Lipinski definition) is 1. The Morgan fingerprint density at radius 3 is 2.50 bits per heavy atom. The van der Waals surface area contributed by atoms with Crippen molar-refractivity contribution in [3.05, 3.63) is 57.6 Å². The van der Waals surface area contributed by atoms with E-state index in [1.165, 1.54) is 5.56 Å². The molecule has 1 fully saturated rings. The van der Waals surface area contributed by atoms with Crippen molar-refractivity contribution in [3.63, 3.8) is 0 Å². The van der Waals surface area contributed by atoms with E-state index < -0.39 is 11.8 Å². The maximum Gasteiger partial charge on any atom is 0.161 e. The molecule has 4 rings (SSSR count). The van der Waals surface area contributed by atoms with Crippen LogP contribution in [0.4, 0.5) is 4.39 Å². The Morgan fingerprint density at radius 1 is 1.13 bits per heavy atom. The molecule has 2 aliphatic rings. The number of nitrogens with zero attached hydrogens (tertiary/aromatic N) is 1. The van der Waals surface area contributed by atoms with Gasteiger partial charge in [-0.05, 0) is 72.6 Å². The van der Waals surface area contributed by atoms with Gasteiger partial charge in [0.05, 0.1) is 20.3 Å². The first-order chi connectivity index (χ1) is 14.4. The number of alkyl halides is 1. The number of ether oxygens (including phenoxy) is 2. The molecule has 1 aliphatic heterocycles. The third-order valence-corrected chi connectivity index (χ3v) is 7.06. The predicted octanol–water partition coefficient (Wildman–Crippen LogP) is 5.07. The number of rotatable bonds is 6. The largest absolute Gasteiger partial charge is 0.493 e. The molecule has 1 saturated heterocycles. The maximum atomic E-state index is 15.7. The number of fused-ring (bicyclic) bond motifs is 1. The third kappa shape index (κ3) is 4.51. The van der Waals surface area contributed by atoms with Crippen molar-refractivity contribution in [2.24, 2.45) is 5.92 Å². The zero-order valence-corrected chi connectivity index (χ0v) is 19.1. The van der Waals surface area contributed by atoms with Gasteiger partial charge in [0, 0.05) is 24.1 Å². The molecule has 1 N–H and O–H groups in total. The van der Waals surface area contributed by atoms with Crippen molar-refractivity contribution in [2.45, 2.75) is 44.0 Å². The molecule has 0 bridgehead atoms. The monoisotopic (exact) mass is 477 g/mol. The predicted molar refractivity (Wildman–Crippen MR) is 119 cm³/mol. The molecule has 0 amide bonds. The van der Waals surface area contributed by atoms with Gasteiger partial charge in [0.1, 0.15) is 5.67 Å². The molecule has 2 aromatic rings. The molecule has 162 valence electrons. The molecule has 0 radical (unpaired) electrons. The molecule has 2 aromatic carbocycles. The molecular weight excluding hydrogens is 449 g/mol. The zero-order valence-electron chi connectivity index (χ0n) is 17.5. The lowest BCUT2D eigenvalue weighted by Gasteiger charge is -2.38. The van der Waals surface area contributed by atoms with Crippen LogP contribution in [0, 0.1) is 5.92 Å². The Labute approximate surface area is 186 Å². The average molecular weight is 478 g/mol. The minimum atomic E-state index is -1.23. The van der Waals surface area contributed by atoms with E-state index in [2.05, 4.69) is 33.0 Å². The molecule has 30 heavy (non-hydrogen) atoms. The van der Waals surface area contributed by atoms with E-state index in [1.54, 1.807) is 14.2 Å². The smallest absolute Gasteiger partial charge is 0.161 e. The topological polar surface area (TPSA) is 41.9 Å². The Balaban J connectivity index is 1.37. The third-order valence-electron chi connectivity index (χ3n) is 6.57. The molecule has 0 saturated carbocycles. The van der Waals surface area contributed by atoms with Crippen LogP contribution in [0.1, 0.15) is 42.1 Å². The van der Waals surface area contributed by atoms with Crippen molar-refractivity contribution >= 4 is 15.9 Å². The second-order valence-corrected chi connectivity index (χ2v) is 9.49. The van der Waals surface area contributed by atoms with Gasteiger partial charge in [-0.15, -0.1) is 0 Å². The first-order valence-corrected chi connectivity index (χ1v) is 11.3. The lowest BCUT2D eigenvalue weighted by Crippen LogP contribution is -2.42. The van der Waals surface area contributed by atoms with Gasteiger partial charge < -0.3 is 14.6 Å². The van der Waals surface area contributed by atoms with E-state index >= 15 is 4.39 Å². The maximum absolute atomic E-state index is 15.7. The second-order valence-electron chi connectivity index (χ2n) is 8.58. The first kappa shape index (κ1) is 21.6. The van der Waals surface area contributed by atoms with Crippen LogP contribution in [0.3, 0.4) is 0 Å². The average Bonchev–Trinajstić information content (AvgIpc) is 3.03. The van der Waals surface area contributed by atoms with Crippen LogP contribution in [-0.2, 0) is 13.0 Å². The van der Waals surface area contributed by atoms with Crippen LogP contribution in [-0.4, -0.2) is 43.0 Å². The van der Waals surface area contributed by atoms with E-state index in [4.69, 9.17) is 9.47 Å². The van der Waals surface area contributed by atoms with Gasteiger partial charge in [0.25, 0.3) is 0 Å². The quantitative estimate of drug-likeness (QED) is 0.630. The summed E-state index contributed by atoms with van der Waals surface area (Å²) in [6.07, 6.45) is 1.41. The van der Waals surface area contributed by atoms with Crippen LogP contribution >= 0.6 is 15.9 Å². The summed E-state index contributed by atoms with van der Waals surface area (Å²) in [7, 11) is 3.19. The molecule has 0 spiro atoms. The zero-order chi connectivity index (χ0) is 21.3. The second kappa shape index (κ2) is 8.85. The minimum absolute atomic E-state index is 0.113. The van der Waals surface area contributed by atoms with Crippen LogP contribution < -0.4 is 9.47 Å². The number of benzene rings is 2. The highest BCUT2D eigenvalue weighted by molar-refractivity contribution is 9.10. The van der Waals surface area contributed by atoms with E-state index in [1.807, 2.05) is 24.3 Å². The fourth-order valence-electron chi connectivity index (χ4n) is 4.90. The highest BCUT2D eigenvalue weighted by Crippen LogP contribution is 2.46. The molecule has 2 unspecified atom stereocenters. The van der Waals surface area contributed by atoms with Gasteiger partial charge in [-0.25, -0.2) is 4.39 Å². The minimum Gasteiger partial charge on any atom is -0.493 e. The summed E-state index contributed by atoms with van der Waals surface area (Å²) in [4.78, 5) is 2.31. The first-order valence-electron chi connectivity index (χ1n) is 10.5. The summed E-state index contributed by atoms with van der Waals surface area (Å²) in [5.74, 6) is 1.14. The van der Waals surface area contributed by atoms with Gasteiger partial charge >= 0.3 is 0 Å². The highest BCUT2D eigenvalue weighted by Gasteiger charge is 2.42. The van der Waals surface area contributed by atoms with Gasteiger partial charge in [0.2, 0.25) is 0 Å². The van der Waals surface area contributed by atoms with Crippen molar-refractivity contribution in [1.82, 2.24) is 4.90 Å². The fourth-order valence-corrected chi connectivity index (χ4v) is 5.35. The normalized spacial score (nSPS) is 23.2. The van der Waals surface area contributed by atoms with Crippen LogP contribution in [0.15, 0.2) is 40.9 Å². The number of likely N-dealkylation sites (tertiary alicyclic amines) is 1. The SMILES string of the molecule is COc1cc2c(cc1OC)C(O)C(CC1(F)CCN(Cc3cccc(Br)c3)CC1)C2. The fraction of sp³-hybridized carbons (Fsp3) is 0.500. The summed E-state index contributed by atoms with van der Waals surface area (Å²) < 4.78 is 27.5. The summed E-state index contributed by atoms with van der Waals surface area (Å²) >= 11 is 3.51. The van der Waals surface area contributed by atoms with Gasteiger partial charge in [-0.3, -0.25) is 4.90 Å². The van der Waals surface area contributed by atoms with Crippen LogP contribution in [0.5, 0.6) is 11.5 Å². The number of hydrogen-bond acceptors (Lipinski definition) is 4. The van der Waals surface area contributed by atoms with Crippen molar-refractivity contribution in [2.75, 3.05) is 27.3 Å². The Bertz CT molecular complexity index is 898. The van der Waals surface area contributed by atoms with Gasteiger partial charge in [0.15, 0.2) is 11.5 Å². The van der Waals surface area contributed by atoms with Gasteiger partial charge in [-0.1, -0.05) is 28.1 Å². The van der Waals surface area contributed by atoms with Crippen molar-refractivity contribution < 1.29 is 19.0 Å². The van der Waals surface area contributed by atoms with E-state index in [9.17, 15) is 5.11 Å². The molecule has 1 aliphatic carbocycles. The number of methoxy groups -OCH3 is 2. The van der Waals surface area contributed by atoms with Crippen LogP contribution in [0.2, 0.25) is 0 Å². The molecule has 1 heterocycles. The summed E-state index contributed by atoms with van der Waals surface area (Å²) in [5, 5.41) is 10.9. The van der Waals surface area contributed by atoms with E-state index in [0.29, 0.717) is 37.2 Å². The summed E-state index contributed by atoms with van der Waals surface area (Å²) in [6, 6.07) is 12.0. The Morgan fingerprint density at radius 2 is 1.83 bits per heavy atom. The highest BCUT2D eigenvalue weighted by atomic mass is 79.9. The van der Waals surface area contributed by atoms with E-state index in [0.717, 1.165) is 35.2 Å². The summed E-state index contributed by atoms with van der Waals surface area (Å²) in [6.45, 7) is 2.31. The van der Waals surface area contributed by atoms with Crippen molar-refractivity contribution in [1.29, 1.82) is 0 Å². The lowest BCUT2D eigenvalue weighted by molar-refractivity contribution is 0.00931. The molecule has 2 atom stereocenters. The Kier molecular flexibility index (Phi) is 6.37. The van der Waals surface area contributed by atoms with Crippen LogP contribution in [0.25, 0.3) is 0 Å². The standard InChI is InChI=1S/C24H29BrFNO3/c1-29-21-12-17-11-18(23(28)20(17)13-22(21)30-2)14-24(26)6-8-27(9-7-24)15-16-4-3-5-19(25)10-16/h3-5,10,12-13,18,23,28H,6-9,11,14-15H2,1-2H3. The number of halogens is 2.